The van der Waals surface area contributed by atoms with E-state index in [0.717, 1.165) is 18.5 Å². The maximum Gasteiger partial charge on any atom is 0.219 e. The van der Waals surface area contributed by atoms with Crippen molar-refractivity contribution in [2.75, 3.05) is 0 Å². The molecule has 1 aromatic carbocycles. The summed E-state index contributed by atoms with van der Waals surface area (Å²) in [5.74, 6) is 1.44. The summed E-state index contributed by atoms with van der Waals surface area (Å²) in [6.07, 6.45) is 1.82. The van der Waals surface area contributed by atoms with E-state index in [-0.39, 0.29) is 0 Å². The third kappa shape index (κ3) is 4.02. The van der Waals surface area contributed by atoms with Crippen LogP contribution in [0.3, 0.4) is 0 Å². The number of ether oxygens (including phenoxy) is 1. The van der Waals surface area contributed by atoms with Gasteiger partial charge in [-0.25, -0.2) is 15.0 Å². The molecule has 3 aromatic rings. The normalized spacial score (nSPS) is 10.6. The molecule has 0 saturated carbocycles. The van der Waals surface area contributed by atoms with E-state index in [2.05, 4.69) is 21.9 Å². The molecule has 0 unspecified atom stereocenters. The Bertz CT molecular complexity index is 855. The standard InChI is InChI=1S/C18H15Cl2N3O/c1-2-6-12-11-16(20)23-18(21-12)14-8-5-10-17(22-14)24-15-9-4-3-7-13(15)19/h3-5,7-11H,2,6H2,1H3. The molecule has 0 radical (unpaired) electrons. The first-order chi connectivity index (χ1) is 11.7. The summed E-state index contributed by atoms with van der Waals surface area (Å²) < 4.78 is 5.75. The van der Waals surface area contributed by atoms with Crippen molar-refractivity contribution in [2.24, 2.45) is 0 Å². The maximum absolute atomic E-state index is 6.11. The van der Waals surface area contributed by atoms with E-state index in [1.807, 2.05) is 24.3 Å². The largest absolute Gasteiger partial charge is 0.437 e. The Labute approximate surface area is 150 Å². The lowest BCUT2D eigenvalue weighted by Crippen LogP contribution is -1.98. The van der Waals surface area contributed by atoms with Gasteiger partial charge in [-0.2, -0.15) is 0 Å². The van der Waals surface area contributed by atoms with Gasteiger partial charge in [0.15, 0.2) is 5.82 Å². The van der Waals surface area contributed by atoms with Gasteiger partial charge in [0.1, 0.15) is 16.6 Å². The second kappa shape index (κ2) is 7.60. The lowest BCUT2D eigenvalue weighted by molar-refractivity contribution is 0.463. The predicted molar refractivity (Wildman–Crippen MR) is 95.8 cm³/mol. The first-order valence-electron chi connectivity index (χ1n) is 7.59. The smallest absolute Gasteiger partial charge is 0.219 e. The van der Waals surface area contributed by atoms with Crippen LogP contribution in [0.2, 0.25) is 10.2 Å². The molecule has 0 aliphatic carbocycles. The van der Waals surface area contributed by atoms with Crippen molar-refractivity contribution in [3.63, 3.8) is 0 Å². The molecule has 3 rings (SSSR count). The molecule has 0 bridgehead atoms. The van der Waals surface area contributed by atoms with Crippen LogP contribution in [0.25, 0.3) is 11.5 Å². The molecule has 0 spiro atoms. The highest BCUT2D eigenvalue weighted by atomic mass is 35.5. The van der Waals surface area contributed by atoms with Crippen LogP contribution in [-0.2, 0) is 6.42 Å². The molecule has 0 aliphatic heterocycles. The summed E-state index contributed by atoms with van der Waals surface area (Å²) in [6.45, 7) is 2.09. The molecule has 0 amide bonds. The van der Waals surface area contributed by atoms with E-state index in [1.165, 1.54) is 0 Å². The Morgan fingerprint density at radius 1 is 0.958 bits per heavy atom. The van der Waals surface area contributed by atoms with Gasteiger partial charge < -0.3 is 4.74 Å². The van der Waals surface area contributed by atoms with Crippen LogP contribution in [0, 0.1) is 0 Å². The van der Waals surface area contributed by atoms with Gasteiger partial charge in [0, 0.05) is 11.8 Å². The topological polar surface area (TPSA) is 47.9 Å². The highest BCUT2D eigenvalue weighted by Crippen LogP contribution is 2.28. The molecular weight excluding hydrogens is 345 g/mol. The fourth-order valence-corrected chi connectivity index (χ4v) is 2.58. The Kier molecular flexibility index (Phi) is 5.28. The molecule has 2 heterocycles. The van der Waals surface area contributed by atoms with Crippen LogP contribution in [0.5, 0.6) is 11.6 Å². The van der Waals surface area contributed by atoms with Crippen molar-refractivity contribution in [3.05, 3.63) is 64.4 Å². The van der Waals surface area contributed by atoms with Crippen LogP contribution in [0.1, 0.15) is 19.0 Å². The Hall–Kier alpha value is -2.17. The Balaban J connectivity index is 1.92. The first kappa shape index (κ1) is 16.7. The summed E-state index contributed by atoms with van der Waals surface area (Å²) in [5.41, 5.74) is 1.49. The molecule has 0 atom stereocenters. The zero-order valence-corrected chi connectivity index (χ0v) is 14.6. The fraction of sp³-hybridized carbons (Fsp3) is 0.167. The molecular formula is C18H15Cl2N3O. The summed E-state index contributed by atoms with van der Waals surface area (Å²) in [4.78, 5) is 13.2. The Morgan fingerprint density at radius 3 is 2.58 bits per heavy atom. The zero-order chi connectivity index (χ0) is 16.9. The lowest BCUT2D eigenvalue weighted by Gasteiger charge is -2.08. The van der Waals surface area contributed by atoms with Gasteiger partial charge in [-0.15, -0.1) is 0 Å². The maximum atomic E-state index is 6.11. The number of para-hydroxylation sites is 1. The number of nitrogens with zero attached hydrogens (tertiary/aromatic N) is 3. The molecule has 24 heavy (non-hydrogen) atoms. The second-order valence-corrected chi connectivity index (χ2v) is 5.94. The van der Waals surface area contributed by atoms with Gasteiger partial charge in [0.05, 0.1) is 5.02 Å². The Morgan fingerprint density at radius 2 is 1.79 bits per heavy atom. The van der Waals surface area contributed by atoms with Gasteiger partial charge in [-0.1, -0.05) is 54.7 Å². The fourth-order valence-electron chi connectivity index (χ4n) is 2.20. The number of halogens is 2. The number of aryl methyl sites for hydroxylation is 1. The van der Waals surface area contributed by atoms with Crippen LogP contribution >= 0.6 is 23.2 Å². The highest BCUT2D eigenvalue weighted by molar-refractivity contribution is 6.32. The van der Waals surface area contributed by atoms with Crippen LogP contribution in [-0.4, -0.2) is 15.0 Å². The summed E-state index contributed by atoms with van der Waals surface area (Å²) >= 11 is 12.2. The monoisotopic (exact) mass is 359 g/mol. The molecule has 4 nitrogen and oxygen atoms in total. The second-order valence-electron chi connectivity index (χ2n) is 5.15. The number of aromatic nitrogens is 3. The van der Waals surface area contributed by atoms with E-state index in [0.29, 0.717) is 33.3 Å². The minimum absolute atomic E-state index is 0.405. The van der Waals surface area contributed by atoms with Crippen molar-refractivity contribution in [1.82, 2.24) is 15.0 Å². The van der Waals surface area contributed by atoms with Crippen LogP contribution < -0.4 is 4.74 Å². The summed E-state index contributed by atoms with van der Waals surface area (Å²) in [5, 5.41) is 0.927. The van der Waals surface area contributed by atoms with Crippen molar-refractivity contribution >= 4 is 23.2 Å². The van der Waals surface area contributed by atoms with Gasteiger partial charge in [-0.05, 0) is 30.7 Å². The molecule has 0 fully saturated rings. The molecule has 122 valence electrons. The average molecular weight is 360 g/mol. The van der Waals surface area contributed by atoms with Crippen molar-refractivity contribution in [2.45, 2.75) is 19.8 Å². The van der Waals surface area contributed by atoms with Crippen molar-refractivity contribution < 1.29 is 4.74 Å². The number of hydrogen-bond acceptors (Lipinski definition) is 4. The van der Waals surface area contributed by atoms with Gasteiger partial charge in [0.25, 0.3) is 0 Å². The minimum atomic E-state index is 0.405. The molecule has 2 aromatic heterocycles. The summed E-state index contributed by atoms with van der Waals surface area (Å²) in [6, 6.07) is 14.4. The van der Waals surface area contributed by atoms with Gasteiger partial charge in [0.2, 0.25) is 5.88 Å². The zero-order valence-electron chi connectivity index (χ0n) is 13.0. The molecule has 0 aliphatic rings. The molecule has 6 heteroatoms. The number of benzene rings is 1. The van der Waals surface area contributed by atoms with Crippen molar-refractivity contribution in [1.29, 1.82) is 0 Å². The average Bonchev–Trinajstić information content (AvgIpc) is 2.57. The van der Waals surface area contributed by atoms with E-state index < -0.39 is 0 Å². The van der Waals surface area contributed by atoms with E-state index in [4.69, 9.17) is 27.9 Å². The third-order valence-electron chi connectivity index (χ3n) is 3.26. The first-order valence-corrected chi connectivity index (χ1v) is 8.34. The molecule has 0 saturated heterocycles. The van der Waals surface area contributed by atoms with E-state index >= 15 is 0 Å². The number of hydrogen-bond donors (Lipinski definition) is 0. The summed E-state index contributed by atoms with van der Waals surface area (Å²) in [7, 11) is 0. The highest BCUT2D eigenvalue weighted by Gasteiger charge is 2.09. The van der Waals surface area contributed by atoms with Gasteiger partial charge >= 0.3 is 0 Å². The number of rotatable bonds is 5. The minimum Gasteiger partial charge on any atom is -0.437 e. The van der Waals surface area contributed by atoms with Gasteiger partial charge in [-0.3, -0.25) is 0 Å². The predicted octanol–water partition coefficient (Wildman–Crippen LogP) is 5.59. The third-order valence-corrected chi connectivity index (χ3v) is 3.76. The SMILES string of the molecule is CCCc1cc(Cl)nc(-c2cccc(Oc3ccccc3Cl)n2)n1. The lowest BCUT2D eigenvalue weighted by atomic mass is 10.2. The van der Waals surface area contributed by atoms with Crippen LogP contribution in [0.4, 0.5) is 0 Å². The quantitative estimate of drug-likeness (QED) is 0.557. The van der Waals surface area contributed by atoms with E-state index in [1.54, 1.807) is 24.3 Å². The molecule has 0 N–H and O–H groups in total. The van der Waals surface area contributed by atoms with E-state index in [9.17, 15) is 0 Å². The van der Waals surface area contributed by atoms with Crippen LogP contribution in [0.15, 0.2) is 48.5 Å². The van der Waals surface area contributed by atoms with Crippen molar-refractivity contribution in [3.8, 4) is 23.1 Å². The number of pyridine rings is 1.